The molecule has 0 aliphatic heterocycles. The number of aliphatic hydroxyl groups excluding tert-OH is 4. The van der Waals surface area contributed by atoms with E-state index in [4.69, 9.17) is 11.5 Å². The molecule has 410 valence electrons. The van der Waals surface area contributed by atoms with Crippen molar-refractivity contribution in [1.82, 2.24) is 10.6 Å². The Morgan fingerprint density at radius 3 is 1.18 bits per heavy atom. The standard InChI is InChI=1S/C54H64N14O8S2/c1-37-31-41(59-39-3-9-43(10-4-39)67(21-25-69)22-26-70)7-13-47(37)61-63-49-15-19-65(33-45(49)53(55)75)35-51(73)57-17-29-77-78-30-18-58-52(74)36-66-20-16-50(46(34-66)54(56)76)64-62-48-14-8-42(32-38(48)2)60-40-5-11-44(12-6-40)68(23-27-71)24-28-72/h3-16,19-20,31-34,69-72H,17-18,21-30,35-36H2,1-2H3,(H6,55,56,57,58,73,74,75,76)/p+2. The fraction of sp³-hybridized carbons (Fsp3) is 0.296. The van der Waals surface area contributed by atoms with Gasteiger partial charge >= 0.3 is 0 Å². The molecule has 0 spiro atoms. The van der Waals surface area contributed by atoms with E-state index in [9.17, 15) is 39.6 Å². The van der Waals surface area contributed by atoms with Crippen LogP contribution in [0, 0.1) is 13.8 Å². The Kier molecular flexibility index (Phi) is 23.3. The number of benzene rings is 4. The Labute approximate surface area is 460 Å². The minimum Gasteiger partial charge on any atom is -0.395 e. The number of nitrogens with one attached hydrogen (secondary N) is 4. The van der Waals surface area contributed by atoms with E-state index in [0.29, 0.717) is 62.1 Å². The largest absolute Gasteiger partial charge is 0.395 e. The van der Waals surface area contributed by atoms with Gasteiger partial charge in [-0.15, -0.1) is 10.2 Å². The van der Waals surface area contributed by atoms with Gasteiger partial charge in [0.05, 0.1) is 37.8 Å². The Balaban J connectivity index is 0.884. The zero-order valence-electron chi connectivity index (χ0n) is 43.4. The monoisotopic (exact) mass is 1100 g/mol. The van der Waals surface area contributed by atoms with E-state index in [2.05, 4.69) is 41.7 Å². The molecular weight excluding hydrogens is 1040 g/mol. The van der Waals surface area contributed by atoms with Crippen LogP contribution in [0.25, 0.3) is 0 Å². The summed E-state index contributed by atoms with van der Waals surface area (Å²) in [6, 6.07) is 29.6. The number of nitrogens with two attached hydrogens (primary N) is 2. The van der Waals surface area contributed by atoms with Crippen molar-refractivity contribution in [3.05, 3.63) is 144 Å². The number of azo groups is 2. The van der Waals surface area contributed by atoms with Crippen LogP contribution in [0.3, 0.4) is 0 Å². The maximum Gasteiger partial charge on any atom is 0.286 e. The molecule has 4 aromatic carbocycles. The van der Waals surface area contributed by atoms with Gasteiger partial charge in [-0.3, -0.25) is 19.2 Å². The summed E-state index contributed by atoms with van der Waals surface area (Å²) in [5.41, 5.74) is 20.0. The van der Waals surface area contributed by atoms with Crippen LogP contribution in [0.2, 0.25) is 0 Å². The molecule has 0 unspecified atom stereocenters. The average Bonchev–Trinajstić information content (AvgIpc) is 3.42. The SMILES string of the molecule is Cc1cc(Nc2ccc(N(CCO)CCO)cc2)ccc1N=Nc1cc[n+](CC(=O)NCCSSCCNC(=O)C[n+]2ccc(N=Nc3ccc(Nc4ccc(N(CCO)CCO)cc4)cc3C)c(C(N)=O)c2)cc1C(N)=O. The van der Waals surface area contributed by atoms with Crippen LogP contribution < -0.4 is 51.7 Å². The summed E-state index contributed by atoms with van der Waals surface area (Å²) in [6.45, 7) is 6.06. The van der Waals surface area contributed by atoms with Gasteiger partial charge in [-0.2, -0.15) is 19.4 Å². The van der Waals surface area contributed by atoms with Crippen molar-refractivity contribution in [3.8, 4) is 0 Å². The van der Waals surface area contributed by atoms with Crippen molar-refractivity contribution in [2.45, 2.75) is 26.9 Å². The maximum absolute atomic E-state index is 12.8. The summed E-state index contributed by atoms with van der Waals surface area (Å²) in [5.74, 6) is -0.763. The molecule has 0 atom stereocenters. The van der Waals surface area contributed by atoms with Crippen molar-refractivity contribution in [2.24, 2.45) is 31.9 Å². The molecule has 0 aliphatic rings. The number of aliphatic hydroxyl groups is 4. The average molecular weight is 1100 g/mol. The molecule has 4 amide bonds. The molecule has 78 heavy (non-hydrogen) atoms. The lowest BCUT2D eigenvalue weighted by Crippen LogP contribution is -2.43. The molecule has 12 N–H and O–H groups in total. The van der Waals surface area contributed by atoms with Crippen molar-refractivity contribution in [2.75, 3.05) is 97.6 Å². The third-order valence-corrected chi connectivity index (χ3v) is 14.1. The van der Waals surface area contributed by atoms with Crippen LogP contribution in [0.1, 0.15) is 31.8 Å². The summed E-state index contributed by atoms with van der Waals surface area (Å²) < 4.78 is 3.09. The second-order valence-electron chi connectivity index (χ2n) is 17.5. The summed E-state index contributed by atoms with van der Waals surface area (Å²) >= 11 is 0. The Bertz CT molecular complexity index is 2830. The van der Waals surface area contributed by atoms with Gasteiger partial charge in [0.1, 0.15) is 22.5 Å². The van der Waals surface area contributed by atoms with Crippen molar-refractivity contribution < 1.29 is 48.7 Å². The molecule has 0 bridgehead atoms. The molecule has 22 nitrogen and oxygen atoms in total. The number of hydrogen-bond donors (Lipinski definition) is 10. The fourth-order valence-corrected chi connectivity index (χ4v) is 9.63. The van der Waals surface area contributed by atoms with E-state index >= 15 is 0 Å². The number of aromatic nitrogens is 2. The van der Waals surface area contributed by atoms with Crippen molar-refractivity contribution >= 4 is 102 Å². The first kappa shape index (κ1) is 59.2. The molecule has 6 rings (SSSR count). The van der Waals surface area contributed by atoms with E-state index in [0.717, 1.165) is 45.3 Å². The second kappa shape index (κ2) is 30.7. The number of carbonyl (C=O) groups excluding carboxylic acids is 4. The van der Waals surface area contributed by atoms with Gasteiger partial charge in [0.15, 0.2) is 24.8 Å². The highest BCUT2D eigenvalue weighted by Gasteiger charge is 2.19. The fourth-order valence-electron chi connectivity index (χ4n) is 7.81. The first-order valence-corrected chi connectivity index (χ1v) is 27.4. The second-order valence-corrected chi connectivity index (χ2v) is 20.2. The summed E-state index contributed by atoms with van der Waals surface area (Å²) in [4.78, 5) is 54.2. The van der Waals surface area contributed by atoms with Gasteiger partial charge in [-0.05, 0) is 110 Å². The predicted molar refractivity (Wildman–Crippen MR) is 304 cm³/mol. The molecule has 0 aliphatic carbocycles. The quantitative estimate of drug-likeness (QED) is 0.0115. The molecule has 0 saturated heterocycles. The number of rotatable bonds is 31. The van der Waals surface area contributed by atoms with Crippen LogP contribution >= 0.6 is 21.6 Å². The van der Waals surface area contributed by atoms with Crippen LogP contribution in [-0.4, -0.2) is 121 Å². The highest BCUT2D eigenvalue weighted by atomic mass is 33.1. The van der Waals surface area contributed by atoms with Crippen LogP contribution in [0.5, 0.6) is 0 Å². The van der Waals surface area contributed by atoms with Gasteiger partial charge in [0, 0.05) is 97.0 Å². The maximum atomic E-state index is 12.8. The molecule has 0 radical (unpaired) electrons. The van der Waals surface area contributed by atoms with E-state index < -0.39 is 11.8 Å². The third-order valence-electron chi connectivity index (χ3n) is 11.7. The van der Waals surface area contributed by atoms with Gasteiger partial charge in [-0.25, -0.2) is 0 Å². The number of carbonyl (C=O) groups is 4. The number of pyridine rings is 2. The summed E-state index contributed by atoms with van der Waals surface area (Å²) in [7, 11) is 3.08. The number of hydrogen-bond acceptors (Lipinski definition) is 18. The summed E-state index contributed by atoms with van der Waals surface area (Å²) in [5, 5.41) is 67.2. The normalized spacial score (nSPS) is 11.2. The highest BCUT2D eigenvalue weighted by molar-refractivity contribution is 8.76. The Morgan fingerprint density at radius 2 is 0.846 bits per heavy atom. The first-order chi connectivity index (χ1) is 37.8. The highest BCUT2D eigenvalue weighted by Crippen LogP contribution is 2.30. The van der Waals surface area contributed by atoms with Crippen LogP contribution in [-0.2, 0) is 22.7 Å². The van der Waals surface area contributed by atoms with E-state index in [1.165, 1.54) is 34.0 Å². The molecule has 24 heteroatoms. The number of primary amides is 2. The smallest absolute Gasteiger partial charge is 0.286 e. The number of nitrogens with zero attached hydrogens (tertiary/aromatic N) is 8. The van der Waals surface area contributed by atoms with Crippen molar-refractivity contribution in [1.29, 1.82) is 0 Å². The molecule has 0 fully saturated rings. The lowest BCUT2D eigenvalue weighted by atomic mass is 10.1. The zero-order chi connectivity index (χ0) is 55.8. The summed E-state index contributed by atoms with van der Waals surface area (Å²) in [6.07, 6.45) is 6.17. The van der Waals surface area contributed by atoms with E-state index in [1.54, 1.807) is 45.8 Å². The topological polar surface area (TPSA) is 313 Å². The molecule has 0 saturated carbocycles. The minimum absolute atomic E-state index is 0.0178. The predicted octanol–water partition coefficient (Wildman–Crippen LogP) is 5.29. The lowest BCUT2D eigenvalue weighted by Gasteiger charge is -2.23. The van der Waals surface area contributed by atoms with Crippen LogP contribution in [0.4, 0.5) is 56.9 Å². The number of anilines is 6. The third kappa shape index (κ3) is 18.3. The number of amides is 4. The molecule has 6 aromatic rings. The molecular formula is C54H66N14O8S2+2. The Hall–Kier alpha value is -8.00. The van der Waals surface area contributed by atoms with E-state index in [-0.39, 0.29) is 73.8 Å². The van der Waals surface area contributed by atoms with Crippen LogP contribution in [0.15, 0.2) is 142 Å². The molecule has 2 heterocycles. The van der Waals surface area contributed by atoms with Gasteiger partial charge in [0.2, 0.25) is 13.1 Å². The van der Waals surface area contributed by atoms with Gasteiger partial charge in [0.25, 0.3) is 23.6 Å². The van der Waals surface area contributed by atoms with E-state index in [1.807, 2.05) is 96.4 Å². The number of aryl methyl sites for hydroxylation is 2. The Morgan fingerprint density at radius 1 is 0.500 bits per heavy atom. The van der Waals surface area contributed by atoms with Gasteiger partial charge in [-0.1, -0.05) is 21.6 Å². The lowest BCUT2D eigenvalue weighted by molar-refractivity contribution is -0.684. The van der Waals surface area contributed by atoms with Gasteiger partial charge < -0.3 is 63.0 Å². The van der Waals surface area contributed by atoms with Crippen molar-refractivity contribution in [3.63, 3.8) is 0 Å². The minimum atomic E-state index is -0.723. The zero-order valence-corrected chi connectivity index (χ0v) is 45.1. The molecule has 2 aromatic heterocycles. The first-order valence-electron chi connectivity index (χ1n) is 24.9.